The third-order valence-electron chi connectivity index (χ3n) is 4.90. The lowest BCUT2D eigenvalue weighted by atomic mass is 10.1. The average Bonchev–Trinajstić information content (AvgIpc) is 2.79. The third kappa shape index (κ3) is 6.41. The van der Waals surface area contributed by atoms with Crippen molar-refractivity contribution >= 4 is 31.9 Å². The number of amides is 1. The van der Waals surface area contributed by atoms with Gasteiger partial charge in [0.05, 0.1) is 18.6 Å². The van der Waals surface area contributed by atoms with Crippen molar-refractivity contribution in [3.8, 4) is 5.75 Å². The van der Waals surface area contributed by atoms with Crippen LogP contribution in [-0.4, -0.2) is 32.3 Å². The van der Waals surface area contributed by atoms with E-state index < -0.39 is 10.0 Å². The van der Waals surface area contributed by atoms with Gasteiger partial charge >= 0.3 is 0 Å². The number of nitrogens with one attached hydrogen (secondary N) is 1. The second-order valence-electron chi connectivity index (χ2n) is 7.34. The van der Waals surface area contributed by atoms with Gasteiger partial charge in [0.25, 0.3) is 0 Å². The first-order valence-corrected chi connectivity index (χ1v) is 12.2. The Labute approximate surface area is 197 Å². The predicted molar refractivity (Wildman–Crippen MR) is 128 cm³/mol. The Hall–Kier alpha value is -2.68. The molecule has 1 amide bonds. The first kappa shape index (κ1) is 24.0. The van der Waals surface area contributed by atoms with Gasteiger partial charge in [-0.25, -0.2) is 8.42 Å². The molecule has 0 saturated heterocycles. The maximum absolute atomic E-state index is 13.3. The van der Waals surface area contributed by atoms with Gasteiger partial charge in [-0.2, -0.15) is 4.31 Å². The molecule has 0 bridgehead atoms. The molecule has 0 aliphatic rings. The van der Waals surface area contributed by atoms with E-state index in [4.69, 9.17) is 4.74 Å². The fourth-order valence-corrected chi connectivity index (χ4v) is 4.69. The topological polar surface area (TPSA) is 75.7 Å². The average molecular weight is 517 g/mol. The number of rotatable bonds is 9. The molecule has 3 aromatic carbocycles. The first-order valence-electron chi connectivity index (χ1n) is 9.99. The van der Waals surface area contributed by atoms with E-state index in [2.05, 4.69) is 21.2 Å². The van der Waals surface area contributed by atoms with Crippen molar-refractivity contribution in [3.05, 3.63) is 94.0 Å². The second-order valence-corrected chi connectivity index (χ2v) is 10.2. The molecule has 3 aromatic rings. The minimum Gasteiger partial charge on any atom is -0.497 e. The van der Waals surface area contributed by atoms with Gasteiger partial charge in [-0.3, -0.25) is 4.79 Å². The van der Waals surface area contributed by atoms with E-state index >= 15 is 0 Å². The molecule has 1 N–H and O–H groups in total. The van der Waals surface area contributed by atoms with Gasteiger partial charge in [0, 0.05) is 17.6 Å². The van der Waals surface area contributed by atoms with E-state index in [1.165, 1.54) is 16.4 Å². The summed E-state index contributed by atoms with van der Waals surface area (Å²) in [6, 6.07) is 21.3. The van der Waals surface area contributed by atoms with E-state index in [9.17, 15) is 13.2 Å². The molecule has 0 saturated carbocycles. The van der Waals surface area contributed by atoms with Crippen molar-refractivity contribution in [2.45, 2.75) is 24.9 Å². The summed E-state index contributed by atoms with van der Waals surface area (Å²) < 4.78 is 33.7. The molecule has 32 heavy (non-hydrogen) atoms. The lowest BCUT2D eigenvalue weighted by Gasteiger charge is -2.22. The van der Waals surface area contributed by atoms with Crippen molar-refractivity contribution in [2.75, 3.05) is 13.7 Å². The SMILES string of the molecule is COc1ccc(CNC(=O)CN(Cc2ccc(C)cc2)S(=O)(=O)c2ccc(Br)cc2)cc1. The molecular formula is C24H25BrN2O4S. The van der Waals surface area contributed by atoms with Crippen LogP contribution < -0.4 is 10.1 Å². The zero-order valence-electron chi connectivity index (χ0n) is 17.9. The fourth-order valence-electron chi connectivity index (χ4n) is 3.04. The Morgan fingerprint density at radius 3 is 2.12 bits per heavy atom. The quantitative estimate of drug-likeness (QED) is 0.460. The molecule has 6 nitrogen and oxygen atoms in total. The number of benzene rings is 3. The predicted octanol–water partition coefficient (Wildman–Crippen LogP) is 4.27. The molecule has 0 spiro atoms. The van der Waals surface area contributed by atoms with Gasteiger partial charge in [0.15, 0.2) is 0 Å². The first-order chi connectivity index (χ1) is 15.3. The number of hydrogen-bond donors (Lipinski definition) is 1. The highest BCUT2D eigenvalue weighted by Gasteiger charge is 2.27. The summed E-state index contributed by atoms with van der Waals surface area (Å²) in [4.78, 5) is 12.8. The van der Waals surface area contributed by atoms with E-state index in [1.54, 1.807) is 19.2 Å². The number of methoxy groups -OCH3 is 1. The van der Waals surface area contributed by atoms with E-state index in [0.29, 0.717) is 6.54 Å². The minimum atomic E-state index is -3.88. The molecule has 0 aliphatic carbocycles. The van der Waals surface area contributed by atoms with Crippen molar-refractivity contribution in [3.63, 3.8) is 0 Å². The summed E-state index contributed by atoms with van der Waals surface area (Å²) >= 11 is 3.32. The van der Waals surface area contributed by atoms with Crippen LogP contribution in [0.5, 0.6) is 5.75 Å². The van der Waals surface area contributed by atoms with Crippen LogP contribution in [-0.2, 0) is 27.9 Å². The summed E-state index contributed by atoms with van der Waals surface area (Å²) in [5.74, 6) is 0.346. The van der Waals surface area contributed by atoms with Crippen LogP contribution in [0.15, 0.2) is 82.2 Å². The maximum Gasteiger partial charge on any atom is 0.243 e. The highest BCUT2D eigenvalue weighted by Crippen LogP contribution is 2.21. The summed E-state index contributed by atoms with van der Waals surface area (Å²) in [7, 11) is -2.29. The minimum absolute atomic E-state index is 0.0919. The van der Waals surface area contributed by atoms with Crippen LogP contribution in [0.1, 0.15) is 16.7 Å². The van der Waals surface area contributed by atoms with Gasteiger partial charge in [-0.1, -0.05) is 57.9 Å². The monoisotopic (exact) mass is 516 g/mol. The Morgan fingerprint density at radius 1 is 0.938 bits per heavy atom. The van der Waals surface area contributed by atoms with E-state index in [0.717, 1.165) is 26.9 Å². The lowest BCUT2D eigenvalue weighted by Crippen LogP contribution is -2.40. The second kappa shape index (κ2) is 10.8. The Kier molecular flexibility index (Phi) is 8.06. The van der Waals surface area contributed by atoms with Gasteiger partial charge in [0.1, 0.15) is 5.75 Å². The van der Waals surface area contributed by atoms with Crippen LogP contribution in [0.2, 0.25) is 0 Å². The zero-order chi connectivity index (χ0) is 23.1. The highest BCUT2D eigenvalue weighted by molar-refractivity contribution is 9.10. The van der Waals surface area contributed by atoms with Crippen LogP contribution in [0.4, 0.5) is 0 Å². The highest BCUT2D eigenvalue weighted by atomic mass is 79.9. The van der Waals surface area contributed by atoms with Crippen molar-refractivity contribution in [1.82, 2.24) is 9.62 Å². The van der Waals surface area contributed by atoms with Crippen LogP contribution in [0, 0.1) is 6.92 Å². The van der Waals surface area contributed by atoms with Crippen molar-refractivity contribution in [1.29, 1.82) is 0 Å². The van der Waals surface area contributed by atoms with Crippen LogP contribution in [0.25, 0.3) is 0 Å². The number of nitrogens with zero attached hydrogens (tertiary/aromatic N) is 1. The lowest BCUT2D eigenvalue weighted by molar-refractivity contribution is -0.121. The Bertz CT molecular complexity index is 1150. The van der Waals surface area contributed by atoms with Gasteiger partial charge in [-0.15, -0.1) is 0 Å². The molecule has 0 aliphatic heterocycles. The Balaban J connectivity index is 1.77. The molecule has 8 heteroatoms. The molecule has 0 radical (unpaired) electrons. The molecule has 168 valence electrons. The number of ether oxygens (including phenoxy) is 1. The van der Waals surface area contributed by atoms with Gasteiger partial charge in [0.2, 0.25) is 15.9 Å². The number of sulfonamides is 1. The maximum atomic E-state index is 13.3. The molecule has 0 unspecified atom stereocenters. The normalized spacial score (nSPS) is 11.4. The van der Waals surface area contributed by atoms with Crippen LogP contribution >= 0.6 is 15.9 Å². The zero-order valence-corrected chi connectivity index (χ0v) is 20.3. The van der Waals surface area contributed by atoms with Crippen LogP contribution in [0.3, 0.4) is 0 Å². The summed E-state index contributed by atoms with van der Waals surface area (Å²) in [6.45, 7) is 2.06. The smallest absolute Gasteiger partial charge is 0.243 e. The van der Waals surface area contributed by atoms with E-state index in [1.807, 2.05) is 55.5 Å². The van der Waals surface area contributed by atoms with E-state index in [-0.39, 0.29) is 23.9 Å². The Morgan fingerprint density at radius 2 is 1.53 bits per heavy atom. The molecule has 3 rings (SSSR count). The summed E-state index contributed by atoms with van der Waals surface area (Å²) in [5.41, 5.74) is 2.77. The fraction of sp³-hybridized carbons (Fsp3) is 0.208. The number of aryl methyl sites for hydroxylation is 1. The third-order valence-corrected chi connectivity index (χ3v) is 7.23. The number of halogens is 1. The molecular weight excluding hydrogens is 492 g/mol. The number of carbonyl (C=O) groups excluding carboxylic acids is 1. The summed E-state index contributed by atoms with van der Waals surface area (Å²) in [6.07, 6.45) is 0. The van der Waals surface area contributed by atoms with Crippen molar-refractivity contribution < 1.29 is 17.9 Å². The molecule has 0 fully saturated rings. The molecule has 0 heterocycles. The molecule has 0 aromatic heterocycles. The summed E-state index contributed by atoms with van der Waals surface area (Å²) in [5, 5.41) is 2.80. The van der Waals surface area contributed by atoms with Crippen molar-refractivity contribution in [2.24, 2.45) is 0 Å². The standard InChI is InChI=1S/C24H25BrN2O4S/c1-18-3-5-20(6-4-18)16-27(32(29,30)23-13-9-21(25)10-14-23)17-24(28)26-15-19-7-11-22(31-2)12-8-19/h3-14H,15-17H2,1-2H3,(H,26,28). The largest absolute Gasteiger partial charge is 0.497 e. The van der Waals surface area contributed by atoms with Gasteiger partial charge < -0.3 is 10.1 Å². The molecule has 0 atom stereocenters. The van der Waals surface area contributed by atoms with Gasteiger partial charge in [-0.05, 0) is 54.4 Å². The number of carbonyl (C=O) groups is 1. The number of hydrogen-bond acceptors (Lipinski definition) is 4.